The molecule has 0 aliphatic heterocycles. The van der Waals surface area contributed by atoms with Crippen LogP contribution < -0.4 is 0 Å². The van der Waals surface area contributed by atoms with Crippen molar-refractivity contribution < 1.29 is 52.9 Å². The maximum Gasteiger partial charge on any atom is 0.472 e. The molecule has 0 fully saturated rings. The van der Waals surface area contributed by atoms with Crippen molar-refractivity contribution in [1.82, 2.24) is 0 Å². The number of esters is 2. The first-order valence-electron chi connectivity index (χ1n) is 20.7. The molecule has 0 spiro atoms. The van der Waals surface area contributed by atoms with Gasteiger partial charge >= 0.3 is 19.8 Å². The van der Waals surface area contributed by atoms with Crippen molar-refractivity contribution in [1.29, 1.82) is 0 Å². The Bertz CT molecular complexity index is 1040. The molecule has 0 amide bonds. The maximum absolute atomic E-state index is 12.6. The van der Waals surface area contributed by atoms with E-state index in [2.05, 4.69) is 47.9 Å². The molecule has 11 nitrogen and oxygen atoms in total. The molecule has 0 bridgehead atoms. The van der Waals surface area contributed by atoms with E-state index in [1.54, 1.807) is 0 Å². The van der Waals surface area contributed by atoms with Crippen molar-refractivity contribution in [3.63, 3.8) is 0 Å². The number of aliphatic hydroxyl groups is 3. The highest BCUT2D eigenvalue weighted by Gasteiger charge is 2.27. The topological polar surface area (TPSA) is 169 Å². The number of allylic oxidation sites excluding steroid dienone is 8. The average molecular weight is 787 g/mol. The van der Waals surface area contributed by atoms with Crippen LogP contribution in [0.2, 0.25) is 0 Å². The van der Waals surface area contributed by atoms with Crippen LogP contribution in [0, 0.1) is 0 Å². The van der Waals surface area contributed by atoms with E-state index >= 15 is 0 Å². The van der Waals surface area contributed by atoms with E-state index in [-0.39, 0.29) is 26.1 Å². The number of carbonyl (C=O) groups excluding carboxylic acids is 2. The number of unbranched alkanes of at least 4 members (excludes halogenated alkanes) is 16. The zero-order valence-corrected chi connectivity index (χ0v) is 34.3. The lowest BCUT2D eigenvalue weighted by atomic mass is 10.0. The van der Waals surface area contributed by atoms with Gasteiger partial charge in [0.05, 0.1) is 19.8 Å². The highest BCUT2D eigenvalue weighted by atomic mass is 31.2. The van der Waals surface area contributed by atoms with Gasteiger partial charge in [-0.1, -0.05) is 139 Å². The molecule has 54 heavy (non-hydrogen) atoms. The molecule has 0 aromatic rings. The minimum absolute atomic E-state index is 0.0987. The molecule has 0 saturated carbocycles. The minimum atomic E-state index is -4.63. The summed E-state index contributed by atoms with van der Waals surface area (Å²) in [6.07, 6.45) is 38.1. The quantitative estimate of drug-likeness (QED) is 0.0203. The molecule has 0 heterocycles. The van der Waals surface area contributed by atoms with Gasteiger partial charge in [0.15, 0.2) is 6.10 Å². The lowest BCUT2D eigenvalue weighted by molar-refractivity contribution is -0.161. The monoisotopic (exact) mass is 787 g/mol. The summed E-state index contributed by atoms with van der Waals surface area (Å²) in [5.74, 6) is -1.00. The summed E-state index contributed by atoms with van der Waals surface area (Å²) in [5.41, 5.74) is 0. The van der Waals surface area contributed by atoms with Gasteiger partial charge in [-0.15, -0.1) is 0 Å². The number of phosphoric ester groups is 1. The van der Waals surface area contributed by atoms with E-state index in [9.17, 15) is 24.2 Å². The summed E-state index contributed by atoms with van der Waals surface area (Å²) in [6.45, 7) is 0.309. The van der Waals surface area contributed by atoms with Gasteiger partial charge in [-0.2, -0.15) is 0 Å². The van der Waals surface area contributed by atoms with Crippen LogP contribution in [0.15, 0.2) is 48.6 Å². The Morgan fingerprint density at radius 2 is 1.04 bits per heavy atom. The third kappa shape index (κ3) is 38.2. The molecule has 0 saturated heterocycles. The van der Waals surface area contributed by atoms with Gasteiger partial charge in [0.1, 0.15) is 12.7 Å². The Balaban J connectivity index is 4.42. The van der Waals surface area contributed by atoms with Crippen LogP contribution in [0.4, 0.5) is 0 Å². The third-order valence-corrected chi connectivity index (χ3v) is 9.49. The van der Waals surface area contributed by atoms with Crippen molar-refractivity contribution in [3.05, 3.63) is 48.6 Å². The van der Waals surface area contributed by atoms with Gasteiger partial charge in [0.2, 0.25) is 0 Å². The number of ether oxygens (including phenoxy) is 2. The molecule has 314 valence electrons. The van der Waals surface area contributed by atoms with Gasteiger partial charge in [0, 0.05) is 19.4 Å². The van der Waals surface area contributed by atoms with Crippen LogP contribution in [-0.2, 0) is 32.7 Å². The zero-order chi connectivity index (χ0) is 39.8. The molecule has 0 aliphatic carbocycles. The normalized spacial score (nSPS) is 14.4. The van der Waals surface area contributed by atoms with Crippen molar-refractivity contribution in [2.24, 2.45) is 0 Å². The van der Waals surface area contributed by atoms with E-state index < -0.39 is 51.8 Å². The van der Waals surface area contributed by atoms with Crippen LogP contribution >= 0.6 is 7.82 Å². The summed E-state index contributed by atoms with van der Waals surface area (Å²) in [4.78, 5) is 34.9. The Morgan fingerprint density at radius 1 is 0.574 bits per heavy atom. The zero-order valence-electron chi connectivity index (χ0n) is 33.4. The highest BCUT2D eigenvalue weighted by Crippen LogP contribution is 2.43. The molecule has 0 radical (unpaired) electrons. The summed E-state index contributed by atoms with van der Waals surface area (Å²) in [6, 6.07) is 0. The third-order valence-electron chi connectivity index (χ3n) is 8.54. The number of phosphoric acid groups is 1. The van der Waals surface area contributed by atoms with E-state index in [1.807, 2.05) is 12.2 Å². The van der Waals surface area contributed by atoms with Crippen LogP contribution in [0.5, 0.6) is 0 Å². The van der Waals surface area contributed by atoms with Crippen LogP contribution in [0.1, 0.15) is 161 Å². The SMILES string of the molecule is CCCCCCCCCCCCCCCC(=O)OC[C@H](COP(=O)(O)OC[C@@H](O)CO)OC(=O)CCC/C=C\C/C=C\C/C=C\C/C=C\CCCCCO. The molecule has 1 unspecified atom stereocenters. The van der Waals surface area contributed by atoms with Gasteiger partial charge in [0.25, 0.3) is 0 Å². The highest BCUT2D eigenvalue weighted by molar-refractivity contribution is 7.47. The standard InChI is InChI=1S/C42H75O11P/c1-2-3-4-5-6-7-8-14-17-20-23-26-29-32-41(46)50-37-40(38-52-54(48,49)51-36-39(45)35-44)53-42(47)33-30-27-24-21-18-15-12-10-9-11-13-16-19-22-25-28-31-34-43/h9,11-12,15-16,19,21,24,39-40,43-45H,2-8,10,13-14,17-18,20,22-23,25-38H2,1H3,(H,48,49)/b11-9-,15-12-,19-16-,24-21-/t39-,40+/m0/s1. The van der Waals surface area contributed by atoms with Crippen LogP contribution in [-0.4, -0.2) is 77.4 Å². The van der Waals surface area contributed by atoms with Crippen LogP contribution in [0.3, 0.4) is 0 Å². The van der Waals surface area contributed by atoms with E-state index in [4.69, 9.17) is 24.2 Å². The molecular formula is C42H75O11P. The molecule has 3 atom stereocenters. The Kier molecular flexibility index (Phi) is 37.6. The maximum atomic E-state index is 12.6. The Labute approximate surface area is 326 Å². The lowest BCUT2D eigenvalue weighted by Crippen LogP contribution is -2.29. The van der Waals surface area contributed by atoms with Crippen molar-refractivity contribution >= 4 is 19.8 Å². The van der Waals surface area contributed by atoms with E-state index in [1.165, 1.54) is 57.8 Å². The van der Waals surface area contributed by atoms with Crippen molar-refractivity contribution in [3.8, 4) is 0 Å². The number of carbonyl (C=O) groups is 2. The summed E-state index contributed by atoms with van der Waals surface area (Å²) in [5, 5.41) is 27.1. The van der Waals surface area contributed by atoms with E-state index in [0.717, 1.165) is 64.2 Å². The van der Waals surface area contributed by atoms with Gasteiger partial charge in [-0.05, 0) is 57.8 Å². The number of rotatable bonds is 39. The second-order valence-corrected chi connectivity index (χ2v) is 15.2. The first-order chi connectivity index (χ1) is 26.2. The first-order valence-corrected chi connectivity index (χ1v) is 22.2. The predicted molar refractivity (Wildman–Crippen MR) is 216 cm³/mol. The van der Waals surface area contributed by atoms with Crippen molar-refractivity contribution in [2.75, 3.05) is 33.0 Å². The smallest absolute Gasteiger partial charge is 0.462 e. The fraction of sp³-hybridized carbons (Fsp3) is 0.762. The molecule has 4 N–H and O–H groups in total. The summed E-state index contributed by atoms with van der Waals surface area (Å²) >= 11 is 0. The second-order valence-electron chi connectivity index (χ2n) is 13.7. The van der Waals surface area contributed by atoms with E-state index in [0.29, 0.717) is 19.3 Å². The Morgan fingerprint density at radius 3 is 1.57 bits per heavy atom. The molecule has 0 aromatic carbocycles. The summed E-state index contributed by atoms with van der Waals surface area (Å²) in [7, 11) is -4.63. The average Bonchev–Trinajstić information content (AvgIpc) is 3.16. The molecule has 0 rings (SSSR count). The van der Waals surface area contributed by atoms with Crippen LogP contribution in [0.25, 0.3) is 0 Å². The lowest BCUT2D eigenvalue weighted by Gasteiger charge is -2.20. The number of hydrogen-bond acceptors (Lipinski definition) is 10. The fourth-order valence-electron chi connectivity index (χ4n) is 5.32. The van der Waals surface area contributed by atoms with Crippen molar-refractivity contribution in [2.45, 2.75) is 173 Å². The Hall–Kier alpha value is -2.11. The number of hydrogen-bond donors (Lipinski definition) is 4. The summed E-state index contributed by atoms with van der Waals surface area (Å²) < 4.78 is 32.6. The minimum Gasteiger partial charge on any atom is -0.462 e. The molecule has 12 heteroatoms. The molecular weight excluding hydrogens is 711 g/mol. The number of aliphatic hydroxyl groups excluding tert-OH is 3. The second kappa shape index (κ2) is 39.1. The fourth-order valence-corrected chi connectivity index (χ4v) is 6.11. The first kappa shape index (κ1) is 51.9. The predicted octanol–water partition coefficient (Wildman–Crippen LogP) is 9.53. The van der Waals surface area contributed by atoms with Gasteiger partial charge < -0.3 is 29.7 Å². The van der Waals surface area contributed by atoms with Gasteiger partial charge in [-0.25, -0.2) is 4.57 Å². The molecule has 0 aromatic heterocycles. The largest absolute Gasteiger partial charge is 0.472 e. The van der Waals surface area contributed by atoms with Gasteiger partial charge in [-0.3, -0.25) is 18.6 Å². The molecule has 0 aliphatic rings.